The first-order valence-corrected chi connectivity index (χ1v) is 14.5. The predicted molar refractivity (Wildman–Crippen MR) is 161 cm³/mol. The van der Waals surface area contributed by atoms with Gasteiger partial charge in [-0.3, -0.25) is 19.6 Å². The second-order valence-electron chi connectivity index (χ2n) is 9.96. The van der Waals surface area contributed by atoms with Crippen molar-refractivity contribution in [2.24, 2.45) is 0 Å². The minimum Gasteiger partial charge on any atom is -0.453 e. The molecule has 0 radical (unpaired) electrons. The molecular formula is C33H29F2N3O4S. The van der Waals surface area contributed by atoms with Crippen molar-refractivity contribution >= 4 is 33.1 Å². The Morgan fingerprint density at radius 1 is 0.860 bits per heavy atom. The van der Waals surface area contributed by atoms with Crippen LogP contribution in [0.25, 0.3) is 20.8 Å². The second kappa shape index (κ2) is 14.2. The molecule has 0 unspecified atom stereocenters. The Kier molecular flexibility index (Phi) is 9.93. The first-order valence-electron chi connectivity index (χ1n) is 13.7. The minimum absolute atomic E-state index is 0.00878. The molecule has 0 aliphatic carbocycles. The van der Waals surface area contributed by atoms with Crippen molar-refractivity contribution < 1.29 is 27.8 Å². The Morgan fingerprint density at radius 2 is 1.60 bits per heavy atom. The highest BCUT2D eigenvalue weighted by Crippen LogP contribution is 2.39. The number of aromatic nitrogens is 2. The van der Waals surface area contributed by atoms with Gasteiger partial charge in [0.2, 0.25) is 0 Å². The van der Waals surface area contributed by atoms with E-state index in [9.17, 15) is 14.0 Å². The number of pyridine rings is 2. The van der Waals surface area contributed by atoms with E-state index in [0.29, 0.717) is 35.5 Å². The third-order valence-electron chi connectivity index (χ3n) is 6.59. The fourth-order valence-corrected chi connectivity index (χ4v) is 5.50. The number of benzene rings is 2. The summed E-state index contributed by atoms with van der Waals surface area (Å²) in [5, 5.41) is 3.29. The van der Waals surface area contributed by atoms with Crippen molar-refractivity contribution in [2.75, 3.05) is 20.3 Å². The van der Waals surface area contributed by atoms with Crippen molar-refractivity contribution in [1.29, 1.82) is 0 Å². The number of ether oxygens (including phenoxy) is 2. The van der Waals surface area contributed by atoms with Gasteiger partial charge in [-0.15, -0.1) is 11.3 Å². The Balaban J connectivity index is 1.22. The highest BCUT2D eigenvalue weighted by molar-refractivity contribution is 7.22. The lowest BCUT2D eigenvalue weighted by atomic mass is 10.0. The van der Waals surface area contributed by atoms with Gasteiger partial charge >= 0.3 is 0 Å². The Labute approximate surface area is 251 Å². The summed E-state index contributed by atoms with van der Waals surface area (Å²) < 4.78 is 39.8. The number of methoxy groups -OCH3 is 1. The first kappa shape index (κ1) is 30.1. The molecule has 3 aromatic heterocycles. The Bertz CT molecular complexity index is 1720. The number of hydrogen-bond acceptors (Lipinski definition) is 8. The van der Waals surface area contributed by atoms with Crippen LogP contribution in [0, 0.1) is 11.6 Å². The zero-order chi connectivity index (χ0) is 30.2. The number of fused-ring (bicyclic) bond motifs is 1. The maximum atomic E-state index is 15.0. The number of hydrogen-bond donors (Lipinski definition) is 1. The maximum Gasteiger partial charge on any atom is 0.166 e. The molecule has 0 amide bonds. The molecule has 0 atom stereocenters. The van der Waals surface area contributed by atoms with Gasteiger partial charge in [0.15, 0.2) is 11.6 Å². The summed E-state index contributed by atoms with van der Waals surface area (Å²) in [5.74, 6) is -1.16. The molecule has 0 aliphatic rings. The topological polar surface area (TPSA) is 90.4 Å². The van der Waals surface area contributed by atoms with Gasteiger partial charge in [-0.05, 0) is 53.1 Å². The fraction of sp³-hybridized carbons (Fsp3) is 0.212. The molecule has 5 rings (SSSR count). The van der Waals surface area contributed by atoms with Crippen LogP contribution >= 0.6 is 11.3 Å². The molecule has 0 saturated carbocycles. The molecule has 0 saturated heterocycles. The van der Waals surface area contributed by atoms with E-state index in [1.165, 1.54) is 47.7 Å². The standard InChI is InChI=1S/C33H29F2N3O4S/c1-41-13-12-36-19-23-4-8-28(38-20-23)32-18-29-33(43-32)31(10-11-37-29)42-30-9-5-22(16-27(30)35)15-26(40)17-25(39)14-21-2-6-24(34)7-3-21/h2-11,16,18,20,36H,12-15,17,19H2,1H3. The van der Waals surface area contributed by atoms with E-state index >= 15 is 4.39 Å². The monoisotopic (exact) mass is 601 g/mol. The summed E-state index contributed by atoms with van der Waals surface area (Å²) >= 11 is 1.45. The van der Waals surface area contributed by atoms with Crippen LogP contribution in [0.5, 0.6) is 11.5 Å². The summed E-state index contributed by atoms with van der Waals surface area (Å²) in [4.78, 5) is 34.7. The molecule has 2 aromatic carbocycles. The van der Waals surface area contributed by atoms with Gasteiger partial charge in [-0.2, -0.15) is 0 Å². The molecule has 0 spiro atoms. The number of nitrogens with one attached hydrogen (secondary N) is 1. The van der Waals surface area contributed by atoms with Gasteiger partial charge < -0.3 is 14.8 Å². The van der Waals surface area contributed by atoms with E-state index in [0.717, 1.165) is 27.4 Å². The summed E-state index contributed by atoms with van der Waals surface area (Å²) in [7, 11) is 1.67. The van der Waals surface area contributed by atoms with Gasteiger partial charge in [0, 0.05) is 51.5 Å². The highest BCUT2D eigenvalue weighted by Gasteiger charge is 2.16. The lowest BCUT2D eigenvalue weighted by molar-refractivity contribution is -0.126. The van der Waals surface area contributed by atoms with E-state index < -0.39 is 11.6 Å². The predicted octanol–water partition coefficient (Wildman–Crippen LogP) is 6.48. The second-order valence-corrected chi connectivity index (χ2v) is 11.0. The van der Waals surface area contributed by atoms with Crippen LogP contribution in [-0.4, -0.2) is 41.8 Å². The van der Waals surface area contributed by atoms with Crippen LogP contribution < -0.4 is 10.1 Å². The van der Waals surface area contributed by atoms with Crippen molar-refractivity contribution in [2.45, 2.75) is 25.8 Å². The van der Waals surface area contributed by atoms with Gasteiger partial charge in [0.1, 0.15) is 23.1 Å². The normalized spacial score (nSPS) is 11.1. The number of ketones is 2. The Hall–Kier alpha value is -4.38. The van der Waals surface area contributed by atoms with E-state index in [2.05, 4.69) is 15.3 Å². The molecule has 7 nitrogen and oxygen atoms in total. The molecular weight excluding hydrogens is 572 g/mol. The molecule has 5 aromatic rings. The van der Waals surface area contributed by atoms with E-state index in [4.69, 9.17) is 9.47 Å². The van der Waals surface area contributed by atoms with Crippen molar-refractivity contribution in [3.8, 4) is 22.1 Å². The summed E-state index contributed by atoms with van der Waals surface area (Å²) in [5.41, 5.74) is 3.63. The molecule has 0 fully saturated rings. The number of halogens is 2. The van der Waals surface area contributed by atoms with Crippen LogP contribution in [0.15, 0.2) is 79.1 Å². The van der Waals surface area contributed by atoms with Crippen LogP contribution in [0.3, 0.4) is 0 Å². The molecule has 220 valence electrons. The third kappa shape index (κ3) is 8.13. The fourth-order valence-electron chi connectivity index (χ4n) is 4.46. The zero-order valence-corrected chi connectivity index (χ0v) is 24.3. The van der Waals surface area contributed by atoms with Crippen LogP contribution in [-0.2, 0) is 33.7 Å². The largest absolute Gasteiger partial charge is 0.453 e. The third-order valence-corrected chi connectivity index (χ3v) is 7.75. The van der Waals surface area contributed by atoms with Crippen LogP contribution in [0.2, 0.25) is 0 Å². The van der Waals surface area contributed by atoms with Gasteiger partial charge in [0.05, 0.1) is 33.8 Å². The maximum absolute atomic E-state index is 15.0. The number of carbonyl (C=O) groups is 2. The quantitative estimate of drug-likeness (QED) is 0.115. The lowest BCUT2D eigenvalue weighted by Gasteiger charge is -2.09. The molecule has 43 heavy (non-hydrogen) atoms. The summed E-state index contributed by atoms with van der Waals surface area (Å²) in [6.45, 7) is 2.09. The number of thiophene rings is 1. The van der Waals surface area contributed by atoms with Crippen molar-refractivity contribution in [1.82, 2.24) is 15.3 Å². The lowest BCUT2D eigenvalue weighted by Crippen LogP contribution is -2.18. The molecule has 10 heteroatoms. The SMILES string of the molecule is COCCNCc1ccc(-c2cc3nccc(Oc4ccc(CC(=O)CC(=O)Cc5ccc(F)cc5)cc4F)c3s2)nc1. The van der Waals surface area contributed by atoms with Gasteiger partial charge in [-0.25, -0.2) is 8.78 Å². The number of Topliss-reactive ketones (excluding diaryl/α,β-unsaturated/α-hetero) is 2. The molecule has 1 N–H and O–H groups in total. The number of nitrogens with zero attached hydrogens (tertiary/aromatic N) is 2. The highest BCUT2D eigenvalue weighted by atomic mass is 32.1. The minimum atomic E-state index is -0.624. The summed E-state index contributed by atoms with van der Waals surface area (Å²) in [6, 6.07) is 17.5. The van der Waals surface area contributed by atoms with Crippen molar-refractivity contribution in [3.05, 3.63) is 107 Å². The average Bonchev–Trinajstić information content (AvgIpc) is 3.44. The average molecular weight is 602 g/mol. The van der Waals surface area contributed by atoms with E-state index in [1.807, 2.05) is 24.4 Å². The molecule has 0 aliphatic heterocycles. The van der Waals surface area contributed by atoms with Crippen LogP contribution in [0.1, 0.15) is 23.1 Å². The smallest absolute Gasteiger partial charge is 0.166 e. The number of rotatable bonds is 14. The Morgan fingerprint density at radius 3 is 2.33 bits per heavy atom. The van der Waals surface area contributed by atoms with E-state index in [1.54, 1.807) is 25.4 Å². The zero-order valence-electron chi connectivity index (χ0n) is 23.4. The molecule has 3 heterocycles. The first-order chi connectivity index (χ1) is 20.9. The van der Waals surface area contributed by atoms with Gasteiger partial charge in [-0.1, -0.05) is 24.3 Å². The molecule has 0 bridgehead atoms. The van der Waals surface area contributed by atoms with E-state index in [-0.39, 0.29) is 36.6 Å². The van der Waals surface area contributed by atoms with Crippen molar-refractivity contribution in [3.63, 3.8) is 0 Å². The number of carbonyl (C=O) groups excluding carboxylic acids is 2. The van der Waals surface area contributed by atoms with Gasteiger partial charge in [0.25, 0.3) is 0 Å². The van der Waals surface area contributed by atoms with Crippen LogP contribution in [0.4, 0.5) is 8.78 Å². The summed E-state index contributed by atoms with van der Waals surface area (Å²) in [6.07, 6.45) is 3.09.